The van der Waals surface area contributed by atoms with Crippen LogP contribution in [0.1, 0.15) is 5.56 Å². The predicted octanol–water partition coefficient (Wildman–Crippen LogP) is 3.11. The van der Waals surface area contributed by atoms with Crippen LogP contribution >= 0.6 is 15.9 Å². The van der Waals surface area contributed by atoms with Gasteiger partial charge in [0.25, 0.3) is 5.91 Å². The van der Waals surface area contributed by atoms with Crippen molar-refractivity contribution in [1.29, 1.82) is 5.26 Å². The molecular weight excluding hydrogens is 376 g/mol. The van der Waals surface area contributed by atoms with Gasteiger partial charge in [0, 0.05) is 16.6 Å². The third-order valence-corrected chi connectivity index (χ3v) is 3.93. The van der Waals surface area contributed by atoms with E-state index in [1.165, 1.54) is 0 Å². The maximum Gasteiger partial charge on any atom is 0.262 e. The van der Waals surface area contributed by atoms with Crippen molar-refractivity contribution in [3.05, 3.63) is 46.4 Å². The zero-order chi connectivity index (χ0) is 16.9. The highest BCUT2D eigenvalue weighted by Gasteiger charge is 2.16. The topological polar surface area (TPSA) is 80.6 Å². The molecule has 0 saturated heterocycles. The maximum atomic E-state index is 12.1. The second-order valence-electron chi connectivity index (χ2n) is 4.92. The average molecular weight is 389 g/mol. The van der Waals surface area contributed by atoms with E-state index in [1.54, 1.807) is 36.4 Å². The van der Waals surface area contributed by atoms with E-state index >= 15 is 0 Å². The SMILES string of the molecule is N#Cc1ccccc1OCC(=O)Nc1cc2c(cc1Br)OCCO2. The van der Waals surface area contributed by atoms with Crippen molar-refractivity contribution in [2.75, 3.05) is 25.1 Å². The van der Waals surface area contributed by atoms with Gasteiger partial charge in [-0.3, -0.25) is 4.79 Å². The standard InChI is InChI=1S/C17H13BrN2O4/c18-12-7-15-16(23-6-5-22-15)8-13(12)20-17(21)10-24-14-4-2-1-3-11(14)9-19/h1-4,7-8H,5-6,10H2,(H,20,21). The van der Waals surface area contributed by atoms with Crippen LogP contribution in [0, 0.1) is 11.3 Å². The van der Waals surface area contributed by atoms with E-state index in [9.17, 15) is 4.79 Å². The van der Waals surface area contributed by atoms with E-state index in [-0.39, 0.29) is 12.5 Å². The molecule has 0 aromatic heterocycles. The van der Waals surface area contributed by atoms with Crippen molar-refractivity contribution < 1.29 is 19.0 Å². The summed E-state index contributed by atoms with van der Waals surface area (Å²) in [5, 5.41) is 11.7. The van der Waals surface area contributed by atoms with Crippen molar-refractivity contribution in [3.8, 4) is 23.3 Å². The Labute approximate surface area is 147 Å². The number of nitrogens with one attached hydrogen (secondary N) is 1. The molecule has 7 heteroatoms. The number of anilines is 1. The number of hydrogen-bond acceptors (Lipinski definition) is 5. The summed E-state index contributed by atoms with van der Waals surface area (Å²) in [5.74, 6) is 1.23. The molecule has 2 aromatic rings. The van der Waals surface area contributed by atoms with E-state index in [2.05, 4.69) is 21.2 Å². The lowest BCUT2D eigenvalue weighted by Crippen LogP contribution is -2.21. The van der Waals surface area contributed by atoms with E-state index < -0.39 is 0 Å². The Kier molecular flexibility index (Phi) is 4.87. The zero-order valence-corrected chi connectivity index (χ0v) is 14.1. The molecule has 3 rings (SSSR count). The van der Waals surface area contributed by atoms with E-state index in [4.69, 9.17) is 19.5 Å². The smallest absolute Gasteiger partial charge is 0.262 e. The van der Waals surface area contributed by atoms with Crippen LogP contribution in [0.3, 0.4) is 0 Å². The van der Waals surface area contributed by atoms with Gasteiger partial charge in [0.1, 0.15) is 25.0 Å². The molecule has 0 radical (unpaired) electrons. The lowest BCUT2D eigenvalue weighted by Gasteiger charge is -2.20. The van der Waals surface area contributed by atoms with Crippen LogP contribution < -0.4 is 19.5 Å². The molecule has 0 saturated carbocycles. The minimum absolute atomic E-state index is 0.209. The predicted molar refractivity (Wildman–Crippen MR) is 90.4 cm³/mol. The van der Waals surface area contributed by atoms with Gasteiger partial charge in [-0.1, -0.05) is 12.1 Å². The number of hydrogen-bond donors (Lipinski definition) is 1. The molecule has 0 bridgehead atoms. The van der Waals surface area contributed by atoms with Crippen molar-refractivity contribution in [2.24, 2.45) is 0 Å². The van der Waals surface area contributed by atoms with Crippen LogP contribution in [-0.2, 0) is 4.79 Å². The summed E-state index contributed by atoms with van der Waals surface area (Å²) in [4.78, 5) is 12.1. The first-order chi connectivity index (χ1) is 11.7. The molecule has 122 valence electrons. The molecule has 1 aliphatic rings. The highest BCUT2D eigenvalue weighted by Crippen LogP contribution is 2.38. The fourth-order valence-corrected chi connectivity index (χ4v) is 2.60. The number of fused-ring (bicyclic) bond motifs is 1. The number of rotatable bonds is 4. The molecule has 6 nitrogen and oxygen atoms in total. The van der Waals surface area contributed by atoms with Crippen LogP contribution in [0.5, 0.6) is 17.2 Å². The molecule has 1 N–H and O–H groups in total. The van der Waals surface area contributed by atoms with Gasteiger partial charge in [0.2, 0.25) is 0 Å². The van der Waals surface area contributed by atoms with Crippen LogP contribution in [0.2, 0.25) is 0 Å². The molecule has 0 aliphatic carbocycles. The third-order valence-electron chi connectivity index (χ3n) is 3.27. The minimum Gasteiger partial charge on any atom is -0.486 e. The highest BCUT2D eigenvalue weighted by molar-refractivity contribution is 9.10. The fourth-order valence-electron chi connectivity index (χ4n) is 2.17. The monoisotopic (exact) mass is 388 g/mol. The number of para-hydroxylation sites is 1. The van der Waals surface area contributed by atoms with E-state index in [0.29, 0.717) is 46.2 Å². The van der Waals surface area contributed by atoms with Crippen LogP contribution in [-0.4, -0.2) is 25.7 Å². The Balaban J connectivity index is 1.66. The van der Waals surface area contributed by atoms with E-state index in [1.807, 2.05) is 6.07 Å². The molecule has 1 aliphatic heterocycles. The van der Waals surface area contributed by atoms with Crippen molar-refractivity contribution >= 4 is 27.5 Å². The molecule has 0 atom stereocenters. The summed E-state index contributed by atoms with van der Waals surface area (Å²) in [5.41, 5.74) is 0.937. The molecule has 0 fully saturated rings. The maximum absolute atomic E-state index is 12.1. The van der Waals surface area contributed by atoms with Gasteiger partial charge in [-0.2, -0.15) is 5.26 Å². The highest BCUT2D eigenvalue weighted by atomic mass is 79.9. The Morgan fingerprint density at radius 2 is 1.96 bits per heavy atom. The number of nitrogens with zero attached hydrogens (tertiary/aromatic N) is 1. The molecule has 1 amide bonds. The number of nitriles is 1. The lowest BCUT2D eigenvalue weighted by atomic mass is 10.2. The zero-order valence-electron chi connectivity index (χ0n) is 12.5. The van der Waals surface area contributed by atoms with Gasteiger partial charge in [-0.15, -0.1) is 0 Å². The van der Waals surface area contributed by atoms with Gasteiger partial charge in [0.15, 0.2) is 18.1 Å². The molecule has 2 aromatic carbocycles. The van der Waals surface area contributed by atoms with E-state index in [0.717, 1.165) is 0 Å². The van der Waals surface area contributed by atoms with Crippen molar-refractivity contribution in [1.82, 2.24) is 0 Å². The lowest BCUT2D eigenvalue weighted by molar-refractivity contribution is -0.118. The number of amides is 1. The molecule has 24 heavy (non-hydrogen) atoms. The van der Waals surface area contributed by atoms with Gasteiger partial charge in [-0.25, -0.2) is 0 Å². The van der Waals surface area contributed by atoms with Crippen LogP contribution in [0.4, 0.5) is 5.69 Å². The first kappa shape index (κ1) is 16.1. The molecular formula is C17H13BrN2O4. The number of halogens is 1. The summed E-state index contributed by atoms with van der Waals surface area (Å²) in [6.45, 7) is 0.757. The molecule has 0 unspecified atom stereocenters. The second kappa shape index (κ2) is 7.23. The third kappa shape index (κ3) is 3.60. The van der Waals surface area contributed by atoms with Crippen LogP contribution in [0.15, 0.2) is 40.9 Å². The number of carbonyl (C=O) groups excluding carboxylic acids is 1. The largest absolute Gasteiger partial charge is 0.486 e. The average Bonchev–Trinajstić information content (AvgIpc) is 2.61. The number of carbonyl (C=O) groups is 1. The first-order valence-corrected chi connectivity index (χ1v) is 7.97. The molecule has 1 heterocycles. The summed E-state index contributed by atoms with van der Waals surface area (Å²) < 4.78 is 17.1. The Morgan fingerprint density at radius 1 is 1.25 bits per heavy atom. The summed E-state index contributed by atoms with van der Waals surface area (Å²) in [6.07, 6.45) is 0. The van der Waals surface area contributed by atoms with Crippen LogP contribution in [0.25, 0.3) is 0 Å². The Hall–Kier alpha value is -2.72. The Morgan fingerprint density at radius 3 is 2.71 bits per heavy atom. The number of benzene rings is 2. The van der Waals surface area contributed by atoms with Crippen molar-refractivity contribution in [2.45, 2.75) is 0 Å². The van der Waals surface area contributed by atoms with Crippen molar-refractivity contribution in [3.63, 3.8) is 0 Å². The fraction of sp³-hybridized carbons (Fsp3) is 0.176. The summed E-state index contributed by atoms with van der Waals surface area (Å²) >= 11 is 3.39. The normalized spacial score (nSPS) is 12.2. The summed E-state index contributed by atoms with van der Waals surface area (Å²) in [7, 11) is 0. The van der Waals surface area contributed by atoms with Gasteiger partial charge in [-0.05, 0) is 28.1 Å². The molecule has 0 spiro atoms. The quantitative estimate of drug-likeness (QED) is 0.869. The first-order valence-electron chi connectivity index (χ1n) is 7.18. The van der Waals surface area contributed by atoms with Gasteiger partial charge >= 0.3 is 0 Å². The number of ether oxygens (including phenoxy) is 3. The summed E-state index contributed by atoms with van der Waals surface area (Å²) in [6, 6.07) is 12.2. The Bertz CT molecular complexity index is 817. The minimum atomic E-state index is -0.347. The second-order valence-corrected chi connectivity index (χ2v) is 5.77. The van der Waals surface area contributed by atoms with Gasteiger partial charge in [0.05, 0.1) is 11.3 Å². The van der Waals surface area contributed by atoms with Gasteiger partial charge < -0.3 is 19.5 Å².